The highest BCUT2D eigenvalue weighted by Crippen LogP contribution is 2.23. The minimum Gasteiger partial charge on any atom is -0.345 e. The largest absolute Gasteiger partial charge is 0.345 e. The molecule has 0 fully saturated rings. The molecule has 0 bridgehead atoms. The second-order valence-electron chi connectivity index (χ2n) is 8.42. The number of carbonyl (C=O) groups excluding carboxylic acids is 1. The summed E-state index contributed by atoms with van der Waals surface area (Å²) < 4.78 is 5.46. The second-order valence-corrected chi connectivity index (χ2v) is 8.42. The van der Waals surface area contributed by atoms with Gasteiger partial charge in [-0.2, -0.15) is 4.98 Å². The molecule has 0 saturated heterocycles. The molecule has 0 aliphatic carbocycles. The maximum absolute atomic E-state index is 11.5. The number of hydrogen-bond donors (Lipinski definition) is 2. The van der Waals surface area contributed by atoms with Gasteiger partial charge in [0.05, 0.1) is 0 Å². The normalized spacial score (nSPS) is 12.1. The highest BCUT2D eigenvalue weighted by atomic mass is 16.5. The maximum atomic E-state index is 11.5. The van der Waals surface area contributed by atoms with E-state index in [1.54, 1.807) is 0 Å². The summed E-state index contributed by atoms with van der Waals surface area (Å²) in [6.45, 7) is 4.39. The number of aryl methyl sites for hydroxylation is 1. The standard InChI is InChI=1S/C25H40N4O2/c1-3-4-5-6-7-8-9-10-13-21-15-17-22(18-16-21)24-28-25(31-29-24)23(27-20(2)30)14-11-12-19-26/h15-18,23H,3-14,19,26H2,1-2H3,(H,27,30)/t23-/m0/s1. The van der Waals surface area contributed by atoms with Crippen LogP contribution in [-0.4, -0.2) is 22.6 Å². The first-order valence-electron chi connectivity index (χ1n) is 12.0. The predicted molar refractivity (Wildman–Crippen MR) is 126 cm³/mol. The van der Waals surface area contributed by atoms with Gasteiger partial charge in [0.2, 0.25) is 17.6 Å². The summed E-state index contributed by atoms with van der Waals surface area (Å²) >= 11 is 0. The van der Waals surface area contributed by atoms with Gasteiger partial charge in [0.1, 0.15) is 6.04 Å². The molecule has 1 heterocycles. The zero-order valence-electron chi connectivity index (χ0n) is 19.4. The van der Waals surface area contributed by atoms with Gasteiger partial charge in [0, 0.05) is 12.5 Å². The third kappa shape index (κ3) is 9.64. The van der Waals surface area contributed by atoms with Crippen molar-refractivity contribution in [2.75, 3.05) is 6.54 Å². The number of unbranched alkanes of at least 4 members (excludes halogenated alkanes) is 8. The fourth-order valence-corrected chi connectivity index (χ4v) is 3.77. The molecular formula is C25H40N4O2. The van der Waals surface area contributed by atoms with Crippen LogP contribution in [0.4, 0.5) is 0 Å². The summed E-state index contributed by atoms with van der Waals surface area (Å²) in [6.07, 6.45) is 14.3. The smallest absolute Gasteiger partial charge is 0.249 e. The summed E-state index contributed by atoms with van der Waals surface area (Å²) in [5.74, 6) is 0.899. The first-order chi connectivity index (χ1) is 15.1. The van der Waals surface area contributed by atoms with Crippen molar-refractivity contribution in [3.63, 3.8) is 0 Å². The molecule has 0 spiro atoms. The Hall–Kier alpha value is -2.21. The lowest BCUT2D eigenvalue weighted by atomic mass is 10.0. The van der Waals surface area contributed by atoms with Crippen molar-refractivity contribution in [2.24, 2.45) is 5.73 Å². The molecule has 6 nitrogen and oxygen atoms in total. The van der Waals surface area contributed by atoms with Crippen LogP contribution in [-0.2, 0) is 11.2 Å². The number of benzene rings is 1. The molecule has 1 atom stereocenters. The first kappa shape index (κ1) is 25.1. The van der Waals surface area contributed by atoms with Crippen molar-refractivity contribution < 1.29 is 9.32 Å². The fraction of sp³-hybridized carbons (Fsp3) is 0.640. The SMILES string of the molecule is CCCCCCCCCCc1ccc(-c2noc([C@H](CCCCN)NC(C)=O)n2)cc1. The van der Waals surface area contributed by atoms with E-state index in [1.807, 2.05) is 0 Å². The van der Waals surface area contributed by atoms with E-state index >= 15 is 0 Å². The van der Waals surface area contributed by atoms with E-state index in [-0.39, 0.29) is 11.9 Å². The van der Waals surface area contributed by atoms with E-state index in [2.05, 4.69) is 46.6 Å². The summed E-state index contributed by atoms with van der Waals surface area (Å²) in [5, 5.41) is 7.03. The van der Waals surface area contributed by atoms with Crippen LogP contribution < -0.4 is 11.1 Å². The fourth-order valence-electron chi connectivity index (χ4n) is 3.77. The third-order valence-electron chi connectivity index (χ3n) is 5.60. The molecule has 1 aromatic heterocycles. The molecule has 172 valence electrons. The average Bonchev–Trinajstić information content (AvgIpc) is 3.25. The Morgan fingerprint density at radius 3 is 2.32 bits per heavy atom. The second kappa shape index (κ2) is 14.7. The number of hydrogen-bond acceptors (Lipinski definition) is 5. The Morgan fingerprint density at radius 2 is 1.68 bits per heavy atom. The molecule has 31 heavy (non-hydrogen) atoms. The Morgan fingerprint density at radius 1 is 1.00 bits per heavy atom. The Kier molecular flexibility index (Phi) is 11.9. The number of nitrogens with zero attached hydrogens (tertiary/aromatic N) is 2. The number of nitrogens with two attached hydrogens (primary N) is 1. The van der Waals surface area contributed by atoms with Crippen LogP contribution in [0.2, 0.25) is 0 Å². The van der Waals surface area contributed by atoms with Gasteiger partial charge < -0.3 is 15.6 Å². The highest BCUT2D eigenvalue weighted by Gasteiger charge is 2.20. The van der Waals surface area contributed by atoms with Crippen LogP contribution in [0.25, 0.3) is 11.4 Å². The van der Waals surface area contributed by atoms with Crippen molar-refractivity contribution >= 4 is 5.91 Å². The molecule has 2 rings (SSSR count). The summed E-state index contributed by atoms with van der Waals surface area (Å²) in [4.78, 5) is 16.1. The molecule has 0 saturated carbocycles. The van der Waals surface area contributed by atoms with Gasteiger partial charge in [-0.05, 0) is 44.2 Å². The number of aromatic nitrogens is 2. The zero-order chi connectivity index (χ0) is 22.3. The lowest BCUT2D eigenvalue weighted by Crippen LogP contribution is -2.26. The van der Waals surface area contributed by atoms with E-state index in [9.17, 15) is 4.79 Å². The molecular weight excluding hydrogens is 388 g/mol. The van der Waals surface area contributed by atoms with Gasteiger partial charge in [-0.15, -0.1) is 0 Å². The average molecular weight is 429 g/mol. The van der Waals surface area contributed by atoms with Gasteiger partial charge in [-0.1, -0.05) is 81.3 Å². The Labute approximate surface area is 187 Å². The van der Waals surface area contributed by atoms with Crippen molar-refractivity contribution in [1.29, 1.82) is 0 Å². The van der Waals surface area contributed by atoms with Gasteiger partial charge in [-0.3, -0.25) is 4.79 Å². The topological polar surface area (TPSA) is 94.0 Å². The minimum absolute atomic E-state index is 0.109. The molecule has 1 aromatic carbocycles. The lowest BCUT2D eigenvalue weighted by molar-refractivity contribution is -0.119. The number of amides is 1. The quantitative estimate of drug-likeness (QED) is 0.333. The van der Waals surface area contributed by atoms with Crippen molar-refractivity contribution in [3.05, 3.63) is 35.7 Å². The number of carbonyl (C=O) groups is 1. The monoisotopic (exact) mass is 428 g/mol. The molecule has 6 heteroatoms. The minimum atomic E-state index is -0.272. The van der Waals surface area contributed by atoms with Gasteiger partial charge in [0.25, 0.3) is 0 Å². The molecule has 0 aliphatic rings. The maximum Gasteiger partial charge on any atom is 0.249 e. The number of nitrogens with one attached hydrogen (secondary N) is 1. The molecule has 0 unspecified atom stereocenters. The predicted octanol–water partition coefficient (Wildman–Crippen LogP) is 5.73. The molecule has 0 radical (unpaired) electrons. The van der Waals surface area contributed by atoms with Gasteiger partial charge >= 0.3 is 0 Å². The van der Waals surface area contributed by atoms with Crippen molar-refractivity contribution in [3.8, 4) is 11.4 Å². The number of rotatable bonds is 16. The van der Waals surface area contributed by atoms with Crippen LogP contribution in [0.15, 0.2) is 28.8 Å². The Balaban J connectivity index is 1.82. The summed E-state index contributed by atoms with van der Waals surface area (Å²) in [6, 6.07) is 8.14. The summed E-state index contributed by atoms with van der Waals surface area (Å²) in [7, 11) is 0. The van der Waals surface area contributed by atoms with Gasteiger partial charge in [-0.25, -0.2) is 0 Å². The first-order valence-corrected chi connectivity index (χ1v) is 12.0. The van der Waals surface area contributed by atoms with Crippen LogP contribution >= 0.6 is 0 Å². The van der Waals surface area contributed by atoms with Crippen LogP contribution in [0.3, 0.4) is 0 Å². The van der Waals surface area contributed by atoms with Crippen molar-refractivity contribution in [1.82, 2.24) is 15.5 Å². The van der Waals surface area contributed by atoms with Gasteiger partial charge in [0.15, 0.2) is 0 Å². The summed E-state index contributed by atoms with van der Waals surface area (Å²) in [5.41, 5.74) is 7.85. The van der Waals surface area contributed by atoms with Crippen LogP contribution in [0.5, 0.6) is 0 Å². The third-order valence-corrected chi connectivity index (χ3v) is 5.60. The van der Waals surface area contributed by atoms with E-state index in [0.717, 1.165) is 31.2 Å². The van der Waals surface area contributed by atoms with Crippen molar-refractivity contribution in [2.45, 2.75) is 96.9 Å². The Bertz CT molecular complexity index is 742. The van der Waals surface area contributed by atoms with E-state index in [1.165, 1.54) is 63.9 Å². The zero-order valence-corrected chi connectivity index (χ0v) is 19.4. The lowest BCUT2D eigenvalue weighted by Gasteiger charge is -2.13. The molecule has 3 N–H and O–H groups in total. The molecule has 0 aliphatic heterocycles. The highest BCUT2D eigenvalue weighted by molar-refractivity contribution is 5.73. The van der Waals surface area contributed by atoms with Crippen LogP contribution in [0.1, 0.15) is 102 Å². The van der Waals surface area contributed by atoms with E-state index < -0.39 is 0 Å². The molecule has 2 aromatic rings. The molecule has 1 amide bonds. The van der Waals surface area contributed by atoms with Crippen LogP contribution in [0, 0.1) is 0 Å². The van der Waals surface area contributed by atoms with E-state index in [0.29, 0.717) is 18.3 Å². The van der Waals surface area contributed by atoms with E-state index in [4.69, 9.17) is 10.3 Å².